The van der Waals surface area contributed by atoms with Gasteiger partial charge in [-0.3, -0.25) is 0 Å². The molecule has 0 aromatic heterocycles. The topological polar surface area (TPSA) is 69.6 Å². The van der Waals surface area contributed by atoms with Gasteiger partial charge in [0.2, 0.25) is 0 Å². The zero-order valence-corrected chi connectivity index (χ0v) is 13.7. The molecule has 2 rings (SSSR count). The lowest BCUT2D eigenvalue weighted by Crippen LogP contribution is -2.41. The second-order valence-electron chi connectivity index (χ2n) is 5.58. The second kappa shape index (κ2) is 6.47. The minimum Gasteiger partial charge on any atom is -0.478 e. The summed E-state index contributed by atoms with van der Waals surface area (Å²) in [6.45, 7) is 4.96. The number of likely N-dealkylation sites (tertiary alicyclic amines) is 1. The van der Waals surface area contributed by atoms with E-state index in [0.29, 0.717) is 16.1 Å². The Labute approximate surface area is 132 Å². The molecule has 114 valence electrons. The smallest absolute Gasteiger partial charge is 0.335 e. The maximum Gasteiger partial charge on any atom is 0.335 e. The van der Waals surface area contributed by atoms with Crippen LogP contribution >= 0.6 is 15.9 Å². The van der Waals surface area contributed by atoms with E-state index in [1.807, 2.05) is 4.90 Å². The van der Waals surface area contributed by atoms with Gasteiger partial charge in [-0.05, 0) is 52.9 Å². The van der Waals surface area contributed by atoms with Crippen LogP contribution in [-0.4, -0.2) is 34.6 Å². The molecule has 5 nitrogen and oxygen atoms in total. The lowest BCUT2D eigenvalue weighted by Gasteiger charge is -2.28. The molecular weight excluding hydrogens is 336 g/mol. The predicted molar refractivity (Wildman–Crippen MR) is 84.7 cm³/mol. The Balaban J connectivity index is 2.16. The van der Waals surface area contributed by atoms with Crippen LogP contribution in [0.2, 0.25) is 0 Å². The molecule has 1 aliphatic rings. The van der Waals surface area contributed by atoms with Crippen LogP contribution in [0, 0.1) is 5.92 Å². The van der Waals surface area contributed by atoms with Crippen molar-refractivity contribution in [2.75, 3.05) is 11.9 Å². The van der Waals surface area contributed by atoms with Crippen LogP contribution in [0.4, 0.5) is 10.5 Å². The number of nitrogens with one attached hydrogen (secondary N) is 1. The highest BCUT2D eigenvalue weighted by Crippen LogP contribution is 2.27. The first-order valence-corrected chi connectivity index (χ1v) is 7.80. The normalized spacial score (nSPS) is 18.1. The number of anilines is 1. The highest BCUT2D eigenvalue weighted by Gasteiger charge is 2.31. The molecule has 0 aliphatic carbocycles. The monoisotopic (exact) mass is 354 g/mol. The molecule has 1 aromatic rings. The van der Waals surface area contributed by atoms with E-state index in [0.717, 1.165) is 19.4 Å². The Bertz CT molecular complexity index is 560. The van der Waals surface area contributed by atoms with Crippen molar-refractivity contribution in [2.24, 2.45) is 5.92 Å². The molecule has 1 atom stereocenters. The number of carbonyl (C=O) groups excluding carboxylic acids is 1. The Morgan fingerprint density at radius 3 is 2.76 bits per heavy atom. The third-order valence-corrected chi connectivity index (χ3v) is 4.48. The first-order chi connectivity index (χ1) is 9.90. The van der Waals surface area contributed by atoms with Crippen LogP contribution in [0.5, 0.6) is 0 Å². The summed E-state index contributed by atoms with van der Waals surface area (Å²) in [7, 11) is 0. The number of carboxylic acid groups (broad SMARTS) is 1. The number of halogens is 1. The fraction of sp³-hybridized carbons (Fsp3) is 0.467. The molecule has 0 radical (unpaired) electrons. The lowest BCUT2D eigenvalue weighted by molar-refractivity contribution is 0.0697. The van der Waals surface area contributed by atoms with E-state index in [4.69, 9.17) is 5.11 Å². The van der Waals surface area contributed by atoms with E-state index < -0.39 is 5.97 Å². The first-order valence-electron chi connectivity index (χ1n) is 7.00. The third kappa shape index (κ3) is 3.56. The summed E-state index contributed by atoms with van der Waals surface area (Å²) < 4.78 is 0.668. The highest BCUT2D eigenvalue weighted by atomic mass is 79.9. The number of urea groups is 1. The van der Waals surface area contributed by atoms with Crippen LogP contribution in [0.3, 0.4) is 0 Å². The van der Waals surface area contributed by atoms with Crippen molar-refractivity contribution in [2.45, 2.75) is 32.7 Å². The summed E-state index contributed by atoms with van der Waals surface area (Å²) in [5, 5.41) is 11.8. The third-order valence-electron chi connectivity index (χ3n) is 3.78. The zero-order valence-electron chi connectivity index (χ0n) is 12.1. The minimum absolute atomic E-state index is 0.148. The van der Waals surface area contributed by atoms with Gasteiger partial charge in [-0.25, -0.2) is 9.59 Å². The second-order valence-corrected chi connectivity index (χ2v) is 6.43. The molecule has 1 aromatic carbocycles. The van der Waals surface area contributed by atoms with Gasteiger partial charge in [0.15, 0.2) is 0 Å². The van der Waals surface area contributed by atoms with E-state index in [1.165, 1.54) is 12.1 Å². The molecule has 1 aliphatic heterocycles. The van der Waals surface area contributed by atoms with Crippen molar-refractivity contribution in [3.63, 3.8) is 0 Å². The molecule has 0 bridgehead atoms. The maximum atomic E-state index is 12.4. The van der Waals surface area contributed by atoms with Gasteiger partial charge in [0.05, 0.1) is 11.3 Å². The molecule has 21 heavy (non-hydrogen) atoms. The minimum atomic E-state index is -1.01. The largest absolute Gasteiger partial charge is 0.478 e. The van der Waals surface area contributed by atoms with Crippen LogP contribution in [-0.2, 0) is 0 Å². The molecular formula is C15H19BrN2O3. The Morgan fingerprint density at radius 1 is 1.43 bits per heavy atom. The van der Waals surface area contributed by atoms with E-state index in [2.05, 4.69) is 35.1 Å². The van der Waals surface area contributed by atoms with E-state index in [1.54, 1.807) is 6.07 Å². The van der Waals surface area contributed by atoms with Crippen LogP contribution < -0.4 is 5.32 Å². The van der Waals surface area contributed by atoms with E-state index in [-0.39, 0.29) is 17.6 Å². The molecule has 2 amide bonds. The quantitative estimate of drug-likeness (QED) is 0.867. The van der Waals surface area contributed by atoms with Crippen molar-refractivity contribution in [3.8, 4) is 0 Å². The lowest BCUT2D eigenvalue weighted by atomic mass is 10.0. The Morgan fingerprint density at radius 2 is 2.14 bits per heavy atom. The van der Waals surface area contributed by atoms with Gasteiger partial charge < -0.3 is 15.3 Å². The number of carboxylic acids is 1. The molecule has 6 heteroatoms. The van der Waals surface area contributed by atoms with Gasteiger partial charge in [0.1, 0.15) is 0 Å². The number of carbonyl (C=O) groups is 2. The number of hydrogen-bond donors (Lipinski definition) is 2. The summed E-state index contributed by atoms with van der Waals surface area (Å²) in [6, 6.07) is 4.66. The number of nitrogens with zero attached hydrogens (tertiary/aromatic N) is 1. The van der Waals surface area contributed by atoms with Crippen LogP contribution in [0.25, 0.3) is 0 Å². The molecule has 2 N–H and O–H groups in total. The highest BCUT2D eigenvalue weighted by molar-refractivity contribution is 9.10. The molecule has 1 fully saturated rings. The summed E-state index contributed by atoms with van der Waals surface area (Å²) in [5.74, 6) is -0.605. The molecule has 0 spiro atoms. The van der Waals surface area contributed by atoms with Crippen molar-refractivity contribution in [1.29, 1.82) is 0 Å². The van der Waals surface area contributed by atoms with E-state index in [9.17, 15) is 9.59 Å². The number of hydrogen-bond acceptors (Lipinski definition) is 2. The molecule has 1 heterocycles. The molecule has 1 unspecified atom stereocenters. The zero-order chi connectivity index (χ0) is 15.6. The summed E-state index contributed by atoms with van der Waals surface area (Å²) in [6.07, 6.45) is 2.02. The number of benzene rings is 1. The summed E-state index contributed by atoms with van der Waals surface area (Å²) in [4.78, 5) is 25.3. The Hall–Kier alpha value is -1.56. The summed E-state index contributed by atoms with van der Waals surface area (Å²) in [5.41, 5.74) is 0.629. The first kappa shape index (κ1) is 15.8. The number of aromatic carboxylic acids is 1. The molecule has 0 saturated carbocycles. The van der Waals surface area contributed by atoms with Crippen molar-refractivity contribution in [3.05, 3.63) is 28.2 Å². The van der Waals surface area contributed by atoms with Gasteiger partial charge in [-0.1, -0.05) is 13.8 Å². The predicted octanol–water partition coefficient (Wildman–Crippen LogP) is 3.80. The van der Waals surface area contributed by atoms with Gasteiger partial charge in [0.25, 0.3) is 0 Å². The average molecular weight is 355 g/mol. The van der Waals surface area contributed by atoms with Crippen LogP contribution in [0.15, 0.2) is 22.7 Å². The molecule has 1 saturated heterocycles. The maximum absolute atomic E-state index is 12.4. The SMILES string of the molecule is CC(C)C1CCCN1C(=O)Nc1cc(C(=O)O)ccc1Br. The van der Waals surface area contributed by atoms with Gasteiger partial charge in [-0.15, -0.1) is 0 Å². The fourth-order valence-electron chi connectivity index (χ4n) is 2.68. The van der Waals surface area contributed by atoms with Crippen molar-refractivity contribution >= 4 is 33.6 Å². The number of rotatable bonds is 3. The fourth-order valence-corrected chi connectivity index (χ4v) is 3.02. The number of amides is 2. The summed E-state index contributed by atoms with van der Waals surface area (Å²) >= 11 is 3.33. The van der Waals surface area contributed by atoms with E-state index >= 15 is 0 Å². The van der Waals surface area contributed by atoms with Crippen LogP contribution in [0.1, 0.15) is 37.0 Å². The Kier molecular flexibility index (Phi) is 4.88. The van der Waals surface area contributed by atoms with Gasteiger partial charge in [-0.2, -0.15) is 0 Å². The van der Waals surface area contributed by atoms with Gasteiger partial charge >= 0.3 is 12.0 Å². The van der Waals surface area contributed by atoms with Gasteiger partial charge in [0, 0.05) is 17.1 Å². The standard InChI is InChI=1S/C15H19BrN2O3/c1-9(2)13-4-3-7-18(13)15(21)17-12-8-10(14(19)20)5-6-11(12)16/h5-6,8-9,13H,3-4,7H2,1-2H3,(H,17,21)(H,19,20). The van der Waals surface area contributed by atoms with Crippen molar-refractivity contribution in [1.82, 2.24) is 4.90 Å². The average Bonchev–Trinajstić information content (AvgIpc) is 2.90. The van der Waals surface area contributed by atoms with Crippen molar-refractivity contribution < 1.29 is 14.7 Å².